The van der Waals surface area contributed by atoms with Crippen LogP contribution in [0.15, 0.2) is 36.4 Å². The Hall–Kier alpha value is -1.05. The molecule has 0 radical (unpaired) electrons. The van der Waals surface area contributed by atoms with Crippen LogP contribution in [0.2, 0.25) is 0 Å². The number of hydrogen-bond acceptors (Lipinski definition) is 1. The maximum atomic E-state index is 9.90. The third-order valence-corrected chi connectivity index (χ3v) is 3.34. The number of halogens is 1. The molecule has 2 aromatic rings. The minimum atomic E-state index is -0.558. The molecule has 2 atom stereocenters. The molecule has 1 aliphatic carbocycles. The van der Waals surface area contributed by atoms with E-state index in [0.29, 0.717) is 0 Å². The Bertz CT molecular complexity index is 464. The molecule has 70 valence electrons. The number of aliphatic hydroxyl groups is 1. The van der Waals surface area contributed by atoms with Crippen molar-refractivity contribution < 1.29 is 5.11 Å². The van der Waals surface area contributed by atoms with Gasteiger partial charge in [0.05, 0.1) is 5.38 Å². The number of alkyl halides is 1. The van der Waals surface area contributed by atoms with E-state index in [-0.39, 0.29) is 5.38 Å². The van der Waals surface area contributed by atoms with Crippen molar-refractivity contribution in [2.45, 2.75) is 11.5 Å². The van der Waals surface area contributed by atoms with E-state index in [0.717, 1.165) is 21.9 Å². The van der Waals surface area contributed by atoms with Crippen molar-refractivity contribution in [3.8, 4) is 0 Å². The van der Waals surface area contributed by atoms with E-state index in [2.05, 4.69) is 0 Å². The van der Waals surface area contributed by atoms with Crippen LogP contribution >= 0.6 is 11.6 Å². The molecule has 1 aliphatic rings. The van der Waals surface area contributed by atoms with Crippen molar-refractivity contribution in [3.63, 3.8) is 0 Å². The van der Waals surface area contributed by atoms with Crippen molar-refractivity contribution in [3.05, 3.63) is 47.5 Å². The van der Waals surface area contributed by atoms with Crippen LogP contribution in [0.5, 0.6) is 0 Å². The molecule has 0 aromatic heterocycles. The van der Waals surface area contributed by atoms with E-state index in [4.69, 9.17) is 11.6 Å². The summed E-state index contributed by atoms with van der Waals surface area (Å²) in [7, 11) is 0. The first kappa shape index (κ1) is 8.27. The van der Waals surface area contributed by atoms with Gasteiger partial charge in [-0.15, -0.1) is 11.6 Å². The highest BCUT2D eigenvalue weighted by atomic mass is 35.5. The van der Waals surface area contributed by atoms with Gasteiger partial charge in [-0.05, 0) is 21.9 Å². The van der Waals surface area contributed by atoms with Gasteiger partial charge < -0.3 is 5.11 Å². The summed E-state index contributed by atoms with van der Waals surface area (Å²) in [5.41, 5.74) is 2.00. The van der Waals surface area contributed by atoms with Crippen LogP contribution in [-0.4, -0.2) is 5.11 Å². The first-order valence-corrected chi connectivity index (χ1v) is 5.06. The molecule has 1 N–H and O–H groups in total. The highest BCUT2D eigenvalue weighted by Gasteiger charge is 2.30. The van der Waals surface area contributed by atoms with E-state index >= 15 is 0 Å². The van der Waals surface area contributed by atoms with Crippen molar-refractivity contribution in [2.75, 3.05) is 0 Å². The average Bonchev–Trinajstić information content (AvgIpc) is 2.47. The molecule has 3 rings (SSSR count). The standard InChI is InChI=1S/C12H9ClO/c13-11-8-5-1-3-7-4-2-6-9(10(7)8)12(11)14/h1-6,11-12,14H/t11-,12-/m1/s1. The third-order valence-electron chi connectivity index (χ3n) is 2.86. The Morgan fingerprint density at radius 3 is 2.36 bits per heavy atom. The normalized spacial score (nSPS) is 24.4. The molecule has 2 aromatic carbocycles. The Morgan fingerprint density at radius 2 is 1.64 bits per heavy atom. The lowest BCUT2D eigenvalue weighted by molar-refractivity contribution is 0.180. The van der Waals surface area contributed by atoms with Crippen LogP contribution in [0.3, 0.4) is 0 Å². The quantitative estimate of drug-likeness (QED) is 0.654. The summed E-state index contributed by atoms with van der Waals surface area (Å²) in [6.07, 6.45) is -0.558. The van der Waals surface area contributed by atoms with Gasteiger partial charge in [-0.3, -0.25) is 0 Å². The van der Waals surface area contributed by atoms with Crippen LogP contribution in [0.1, 0.15) is 22.6 Å². The van der Waals surface area contributed by atoms with Gasteiger partial charge in [0, 0.05) is 0 Å². The topological polar surface area (TPSA) is 20.2 Å². The molecule has 0 heterocycles. The van der Waals surface area contributed by atoms with Crippen molar-refractivity contribution in [1.82, 2.24) is 0 Å². The summed E-state index contributed by atoms with van der Waals surface area (Å²) in [5.74, 6) is 0. The molecule has 0 spiro atoms. The molecule has 14 heavy (non-hydrogen) atoms. The van der Waals surface area contributed by atoms with Gasteiger partial charge in [0.2, 0.25) is 0 Å². The lowest BCUT2D eigenvalue weighted by Crippen LogP contribution is -1.96. The van der Waals surface area contributed by atoms with Gasteiger partial charge in [0.1, 0.15) is 6.10 Å². The Morgan fingerprint density at radius 1 is 1.00 bits per heavy atom. The molecule has 0 bridgehead atoms. The third kappa shape index (κ3) is 0.887. The highest BCUT2D eigenvalue weighted by Crippen LogP contribution is 2.47. The summed E-state index contributed by atoms with van der Waals surface area (Å²) in [6, 6.07) is 12.0. The second-order valence-corrected chi connectivity index (χ2v) is 4.11. The number of aliphatic hydroxyl groups excluding tert-OH is 1. The fraction of sp³-hybridized carbons (Fsp3) is 0.167. The Balaban J connectivity index is 2.49. The van der Waals surface area contributed by atoms with E-state index < -0.39 is 6.10 Å². The van der Waals surface area contributed by atoms with Gasteiger partial charge in [0.25, 0.3) is 0 Å². The summed E-state index contributed by atoms with van der Waals surface area (Å²) in [5, 5.41) is 11.9. The summed E-state index contributed by atoms with van der Waals surface area (Å²) in [6.45, 7) is 0. The summed E-state index contributed by atoms with van der Waals surface area (Å²) in [4.78, 5) is 0. The van der Waals surface area contributed by atoms with Gasteiger partial charge in [-0.25, -0.2) is 0 Å². The Kier molecular flexibility index (Phi) is 1.61. The first-order valence-electron chi connectivity index (χ1n) is 4.63. The summed E-state index contributed by atoms with van der Waals surface area (Å²) < 4.78 is 0. The van der Waals surface area contributed by atoms with Crippen molar-refractivity contribution >= 4 is 22.4 Å². The molecule has 0 saturated carbocycles. The lowest BCUT2D eigenvalue weighted by atomic mass is 10.1. The minimum absolute atomic E-state index is 0.295. The minimum Gasteiger partial charge on any atom is -0.386 e. The van der Waals surface area contributed by atoms with Crippen molar-refractivity contribution in [2.24, 2.45) is 0 Å². The van der Waals surface area contributed by atoms with Gasteiger partial charge in [-0.2, -0.15) is 0 Å². The largest absolute Gasteiger partial charge is 0.386 e. The predicted molar refractivity (Wildman–Crippen MR) is 57.5 cm³/mol. The maximum Gasteiger partial charge on any atom is 0.100 e. The zero-order valence-corrected chi connectivity index (χ0v) is 8.20. The molecular weight excluding hydrogens is 196 g/mol. The zero-order chi connectivity index (χ0) is 9.71. The fourth-order valence-corrected chi connectivity index (χ4v) is 2.52. The smallest absolute Gasteiger partial charge is 0.100 e. The molecule has 2 heteroatoms. The molecule has 0 saturated heterocycles. The fourth-order valence-electron chi connectivity index (χ4n) is 2.20. The van der Waals surface area contributed by atoms with Crippen LogP contribution in [0, 0.1) is 0 Å². The van der Waals surface area contributed by atoms with E-state index in [1.165, 1.54) is 0 Å². The summed E-state index contributed by atoms with van der Waals surface area (Å²) >= 11 is 6.15. The van der Waals surface area contributed by atoms with Crippen LogP contribution in [0.4, 0.5) is 0 Å². The molecule has 0 aliphatic heterocycles. The van der Waals surface area contributed by atoms with E-state index in [1.54, 1.807) is 0 Å². The SMILES string of the molecule is O[C@@H]1c2cccc3cccc(c23)[C@H]1Cl. The van der Waals surface area contributed by atoms with Crippen LogP contribution in [-0.2, 0) is 0 Å². The Labute approximate surface area is 86.9 Å². The monoisotopic (exact) mass is 204 g/mol. The molecular formula is C12H9ClO. The molecule has 1 nitrogen and oxygen atoms in total. The molecule has 0 fully saturated rings. The molecule has 0 unspecified atom stereocenters. The zero-order valence-electron chi connectivity index (χ0n) is 7.44. The highest BCUT2D eigenvalue weighted by molar-refractivity contribution is 6.23. The van der Waals surface area contributed by atoms with Gasteiger partial charge >= 0.3 is 0 Å². The molecule has 0 amide bonds. The van der Waals surface area contributed by atoms with Gasteiger partial charge in [-0.1, -0.05) is 36.4 Å². The average molecular weight is 205 g/mol. The van der Waals surface area contributed by atoms with Crippen LogP contribution < -0.4 is 0 Å². The van der Waals surface area contributed by atoms with E-state index in [1.807, 2.05) is 36.4 Å². The maximum absolute atomic E-state index is 9.90. The lowest BCUT2D eigenvalue weighted by Gasteiger charge is -2.07. The predicted octanol–water partition coefficient (Wildman–Crippen LogP) is 3.17. The number of rotatable bonds is 0. The van der Waals surface area contributed by atoms with E-state index in [9.17, 15) is 5.11 Å². The van der Waals surface area contributed by atoms with Crippen LogP contribution in [0.25, 0.3) is 10.8 Å². The first-order chi connectivity index (χ1) is 6.79. The second-order valence-electron chi connectivity index (χ2n) is 3.64. The van der Waals surface area contributed by atoms with Gasteiger partial charge in [0.15, 0.2) is 0 Å². The van der Waals surface area contributed by atoms with Crippen molar-refractivity contribution in [1.29, 1.82) is 0 Å². The number of benzene rings is 2. The number of hydrogen-bond donors (Lipinski definition) is 1. The second kappa shape index (κ2) is 2.72.